The molecule has 0 amide bonds. The van der Waals surface area contributed by atoms with Gasteiger partial charge in [-0.25, -0.2) is 8.98 Å². The third-order valence-corrected chi connectivity index (χ3v) is 5.76. The van der Waals surface area contributed by atoms with Crippen molar-refractivity contribution in [2.75, 3.05) is 0 Å². The molecule has 178 valence electrons. The zero-order valence-electron chi connectivity index (χ0n) is 19.2. The van der Waals surface area contributed by atoms with Gasteiger partial charge in [-0.05, 0) is 37.0 Å². The van der Waals surface area contributed by atoms with Crippen molar-refractivity contribution >= 4 is 16.4 Å². The van der Waals surface area contributed by atoms with Crippen molar-refractivity contribution in [1.29, 1.82) is 0 Å². The summed E-state index contributed by atoms with van der Waals surface area (Å²) in [4.78, 5) is 12.2. The van der Waals surface area contributed by atoms with E-state index in [0.29, 0.717) is 12.2 Å². The maximum Gasteiger partial charge on any atom is 0.398 e. The van der Waals surface area contributed by atoms with Gasteiger partial charge in [0.15, 0.2) is 6.10 Å². The Morgan fingerprint density at radius 3 is 1.87 bits per heavy atom. The predicted molar refractivity (Wildman–Crippen MR) is 124 cm³/mol. The average molecular weight is 457 g/mol. The van der Waals surface area contributed by atoms with E-state index in [2.05, 4.69) is 11.1 Å². The van der Waals surface area contributed by atoms with Gasteiger partial charge in [0.25, 0.3) is 0 Å². The van der Waals surface area contributed by atoms with E-state index in [1.165, 1.54) is 63.4 Å². The predicted octanol–water partition coefficient (Wildman–Crippen LogP) is 6.43. The fourth-order valence-corrected chi connectivity index (χ4v) is 3.93. The van der Waals surface area contributed by atoms with Crippen LogP contribution in [0.5, 0.6) is 5.75 Å². The third kappa shape index (κ3) is 14.3. The summed E-state index contributed by atoms with van der Waals surface area (Å²) in [5.74, 6) is -0.495. The normalized spacial score (nSPS) is 12.6. The first-order valence-electron chi connectivity index (χ1n) is 11.8. The first kappa shape index (κ1) is 27.6. The summed E-state index contributed by atoms with van der Waals surface area (Å²) < 4.78 is 40.5. The van der Waals surface area contributed by atoms with Gasteiger partial charge < -0.3 is 4.74 Å². The second-order valence-electron chi connectivity index (χ2n) is 8.15. The van der Waals surface area contributed by atoms with Gasteiger partial charge in [-0.15, -0.1) is 0 Å². The molecule has 31 heavy (non-hydrogen) atoms. The van der Waals surface area contributed by atoms with E-state index in [4.69, 9.17) is 9.29 Å². The fraction of sp³-hybridized carbons (Fsp3) is 0.708. The molecule has 0 aromatic heterocycles. The molecule has 1 atom stereocenters. The van der Waals surface area contributed by atoms with E-state index >= 15 is 0 Å². The van der Waals surface area contributed by atoms with E-state index in [9.17, 15) is 13.2 Å². The van der Waals surface area contributed by atoms with E-state index < -0.39 is 22.5 Å². The molecular formula is C24H40O6S. The number of carbonyl (C=O) groups excluding carboxylic acids is 1. The SMILES string of the molecule is CCCCCCCCCCCCc1ccc(OC(=O)C(CCCC)OS(=O)(=O)O)cc1. The molecular weight excluding hydrogens is 416 g/mol. The molecule has 0 radical (unpaired) electrons. The summed E-state index contributed by atoms with van der Waals surface area (Å²) in [6, 6.07) is 7.24. The zero-order chi connectivity index (χ0) is 23.0. The minimum absolute atomic E-state index is 0.159. The lowest BCUT2D eigenvalue weighted by Crippen LogP contribution is -2.31. The first-order valence-corrected chi connectivity index (χ1v) is 13.2. The second-order valence-corrected chi connectivity index (χ2v) is 9.20. The average Bonchev–Trinajstić information content (AvgIpc) is 2.72. The largest absolute Gasteiger partial charge is 0.425 e. The number of hydrogen-bond donors (Lipinski definition) is 1. The Bertz CT molecular complexity index is 699. The van der Waals surface area contributed by atoms with Crippen molar-refractivity contribution in [3.63, 3.8) is 0 Å². The molecule has 1 N–H and O–H groups in total. The zero-order valence-corrected chi connectivity index (χ0v) is 20.0. The molecule has 0 heterocycles. The molecule has 0 fully saturated rings. The molecule has 7 heteroatoms. The topological polar surface area (TPSA) is 89.9 Å². The van der Waals surface area contributed by atoms with Crippen molar-refractivity contribution < 1.29 is 26.7 Å². The van der Waals surface area contributed by atoms with Gasteiger partial charge in [-0.3, -0.25) is 4.55 Å². The van der Waals surface area contributed by atoms with Gasteiger partial charge in [-0.1, -0.05) is 96.6 Å². The van der Waals surface area contributed by atoms with Crippen molar-refractivity contribution in [3.05, 3.63) is 29.8 Å². The molecule has 0 aliphatic heterocycles. The molecule has 1 aromatic rings. The summed E-state index contributed by atoms with van der Waals surface area (Å²) in [5, 5.41) is 0. The Balaban J connectivity index is 2.31. The molecule has 0 bridgehead atoms. The van der Waals surface area contributed by atoms with Crippen LogP contribution in [0.3, 0.4) is 0 Å². The van der Waals surface area contributed by atoms with Gasteiger partial charge in [0.2, 0.25) is 0 Å². The highest BCUT2D eigenvalue weighted by Crippen LogP contribution is 2.18. The van der Waals surface area contributed by atoms with Crippen molar-refractivity contribution in [2.24, 2.45) is 0 Å². The van der Waals surface area contributed by atoms with Gasteiger partial charge >= 0.3 is 16.4 Å². The molecule has 0 saturated heterocycles. The number of esters is 1. The van der Waals surface area contributed by atoms with Crippen molar-refractivity contribution in [1.82, 2.24) is 0 Å². The minimum atomic E-state index is -4.72. The minimum Gasteiger partial charge on any atom is -0.425 e. The Morgan fingerprint density at radius 2 is 1.35 bits per heavy atom. The van der Waals surface area contributed by atoms with Crippen LogP contribution < -0.4 is 4.74 Å². The Morgan fingerprint density at radius 1 is 0.839 bits per heavy atom. The van der Waals surface area contributed by atoms with Crippen LogP contribution >= 0.6 is 0 Å². The van der Waals surface area contributed by atoms with Gasteiger partial charge in [0, 0.05) is 0 Å². The van der Waals surface area contributed by atoms with Gasteiger partial charge in [0.1, 0.15) is 5.75 Å². The maximum atomic E-state index is 12.2. The molecule has 6 nitrogen and oxygen atoms in total. The van der Waals surface area contributed by atoms with Crippen LogP contribution in [0.25, 0.3) is 0 Å². The molecule has 1 aromatic carbocycles. The lowest BCUT2D eigenvalue weighted by Gasteiger charge is -2.14. The highest BCUT2D eigenvalue weighted by Gasteiger charge is 2.26. The Labute approximate surface area is 188 Å². The number of hydrogen-bond acceptors (Lipinski definition) is 5. The summed E-state index contributed by atoms with van der Waals surface area (Å²) in [5.41, 5.74) is 1.18. The summed E-state index contributed by atoms with van der Waals surface area (Å²) in [6.45, 7) is 4.15. The molecule has 0 aliphatic carbocycles. The Kier molecular flexibility index (Phi) is 14.4. The van der Waals surface area contributed by atoms with Crippen LogP contribution in [0.15, 0.2) is 24.3 Å². The number of benzene rings is 1. The monoisotopic (exact) mass is 456 g/mol. The molecule has 0 spiro atoms. The van der Waals surface area contributed by atoms with Crippen LogP contribution in [0.1, 0.15) is 103 Å². The molecule has 0 saturated carbocycles. The number of ether oxygens (including phenoxy) is 1. The van der Waals surface area contributed by atoms with Crippen LogP contribution in [0.2, 0.25) is 0 Å². The number of aryl methyl sites for hydroxylation is 1. The van der Waals surface area contributed by atoms with E-state index in [1.807, 2.05) is 19.1 Å². The second kappa shape index (κ2) is 16.2. The summed E-state index contributed by atoms with van der Waals surface area (Å²) in [7, 11) is -4.72. The van der Waals surface area contributed by atoms with Crippen LogP contribution in [-0.2, 0) is 25.8 Å². The van der Waals surface area contributed by atoms with Crippen LogP contribution in [-0.4, -0.2) is 25.0 Å². The van der Waals surface area contributed by atoms with E-state index in [-0.39, 0.29) is 6.42 Å². The Hall–Kier alpha value is -1.44. The van der Waals surface area contributed by atoms with Crippen molar-refractivity contribution in [3.8, 4) is 5.75 Å². The standard InChI is InChI=1S/C24H40O6S/c1-3-5-7-8-9-10-11-12-13-14-15-21-17-19-22(20-18-21)29-24(25)23(16-6-4-2)30-31(26,27)28/h17-20,23H,3-16H2,1-2H3,(H,26,27,28). The molecule has 0 aliphatic rings. The number of unbranched alkanes of at least 4 members (excludes halogenated alkanes) is 10. The maximum absolute atomic E-state index is 12.2. The number of rotatable bonds is 18. The van der Waals surface area contributed by atoms with Gasteiger partial charge in [0.05, 0.1) is 0 Å². The summed E-state index contributed by atoms with van der Waals surface area (Å²) in [6.07, 6.45) is 14.2. The summed E-state index contributed by atoms with van der Waals surface area (Å²) >= 11 is 0. The third-order valence-electron chi connectivity index (χ3n) is 5.28. The first-order chi connectivity index (χ1) is 14.9. The van der Waals surface area contributed by atoms with Crippen LogP contribution in [0.4, 0.5) is 0 Å². The lowest BCUT2D eigenvalue weighted by atomic mass is 10.0. The van der Waals surface area contributed by atoms with Gasteiger partial charge in [-0.2, -0.15) is 8.42 Å². The quantitative estimate of drug-likeness (QED) is 0.118. The van der Waals surface area contributed by atoms with Crippen molar-refractivity contribution in [2.45, 2.75) is 110 Å². The fourth-order valence-electron chi connectivity index (χ4n) is 3.46. The molecule has 1 rings (SSSR count). The van der Waals surface area contributed by atoms with E-state index in [0.717, 1.165) is 19.3 Å². The van der Waals surface area contributed by atoms with Crippen LogP contribution in [0, 0.1) is 0 Å². The lowest BCUT2D eigenvalue weighted by molar-refractivity contribution is -0.142. The highest BCUT2D eigenvalue weighted by molar-refractivity contribution is 7.80. The molecule has 1 unspecified atom stereocenters. The van der Waals surface area contributed by atoms with E-state index in [1.54, 1.807) is 12.1 Å². The highest BCUT2D eigenvalue weighted by atomic mass is 32.3. The number of carbonyl (C=O) groups is 1. The smallest absolute Gasteiger partial charge is 0.398 e.